The van der Waals surface area contributed by atoms with Crippen LogP contribution in [-0.4, -0.2) is 25.4 Å². The van der Waals surface area contributed by atoms with Gasteiger partial charge in [0.1, 0.15) is 10.7 Å². The third kappa shape index (κ3) is 4.20. The molecule has 0 heterocycles. The van der Waals surface area contributed by atoms with Gasteiger partial charge >= 0.3 is 0 Å². The molecule has 0 bridgehead atoms. The minimum absolute atomic E-state index is 0.424. The Morgan fingerprint density at radius 2 is 1.91 bits per heavy atom. The number of carbonyl (C=O) groups excluding carboxylic acids is 1. The Labute approximate surface area is 132 Å². The molecule has 1 saturated carbocycles. The van der Waals surface area contributed by atoms with Gasteiger partial charge in [0, 0.05) is 0 Å². The van der Waals surface area contributed by atoms with Gasteiger partial charge in [0.25, 0.3) is 10.1 Å². The second-order valence-corrected chi connectivity index (χ2v) is 7.40. The van der Waals surface area contributed by atoms with Crippen molar-refractivity contribution in [1.82, 2.24) is 0 Å². The summed E-state index contributed by atoms with van der Waals surface area (Å²) in [5.41, 5.74) is 0. The third-order valence-electron chi connectivity index (χ3n) is 4.47. The van der Waals surface area contributed by atoms with E-state index in [1.807, 2.05) is 6.92 Å². The minimum atomic E-state index is -4.48. The molecule has 0 spiro atoms. The van der Waals surface area contributed by atoms with Crippen LogP contribution in [0.1, 0.15) is 51.9 Å². The molecule has 0 radical (unpaired) electrons. The highest BCUT2D eigenvalue weighted by atomic mass is 32.2. The smallest absolute Gasteiger partial charge is 0.298 e. The van der Waals surface area contributed by atoms with Crippen LogP contribution in [0.5, 0.6) is 0 Å². The number of allylic oxidation sites excluding steroid dienone is 4. The van der Waals surface area contributed by atoms with Crippen LogP contribution in [0.2, 0.25) is 0 Å². The predicted molar refractivity (Wildman–Crippen MR) is 83.6 cm³/mol. The fourth-order valence-electron chi connectivity index (χ4n) is 3.37. The highest BCUT2D eigenvalue weighted by Gasteiger charge is 2.35. The fourth-order valence-corrected chi connectivity index (χ4v) is 4.01. The molecule has 0 saturated heterocycles. The quantitative estimate of drug-likeness (QED) is 0.726. The lowest BCUT2D eigenvalue weighted by molar-refractivity contribution is -0.119. The summed E-state index contributed by atoms with van der Waals surface area (Å²) in [5, 5.41) is 0. The Balaban J connectivity index is 2.04. The first kappa shape index (κ1) is 17.2. The maximum atomic E-state index is 12.4. The highest BCUT2D eigenvalue weighted by Crippen LogP contribution is 2.33. The standard InChI is InChI=1S/C16H24O5S/c1-2-21-14-10-11-15(22(18,19)20)16(17)13(14)9-5-8-12-6-3-4-7-12/h10-13H,2-9H2,1H3,(H,18,19,20). The van der Waals surface area contributed by atoms with E-state index in [0.29, 0.717) is 18.8 Å². The molecule has 2 rings (SSSR count). The maximum Gasteiger partial charge on any atom is 0.298 e. The van der Waals surface area contributed by atoms with E-state index in [4.69, 9.17) is 9.29 Å². The molecule has 1 fully saturated rings. The van der Waals surface area contributed by atoms with Crippen LogP contribution in [0.3, 0.4) is 0 Å². The molecule has 124 valence electrons. The van der Waals surface area contributed by atoms with Crippen molar-refractivity contribution in [3.63, 3.8) is 0 Å². The average molecular weight is 328 g/mol. The molecule has 1 unspecified atom stereocenters. The Morgan fingerprint density at radius 3 is 2.50 bits per heavy atom. The van der Waals surface area contributed by atoms with Crippen molar-refractivity contribution < 1.29 is 22.5 Å². The van der Waals surface area contributed by atoms with E-state index in [1.165, 1.54) is 31.8 Å². The van der Waals surface area contributed by atoms with Crippen LogP contribution in [0.25, 0.3) is 0 Å². The molecular weight excluding hydrogens is 304 g/mol. The lowest BCUT2D eigenvalue weighted by Crippen LogP contribution is -2.27. The summed E-state index contributed by atoms with van der Waals surface area (Å²) in [6, 6.07) is 0. The van der Waals surface area contributed by atoms with Crippen LogP contribution >= 0.6 is 0 Å². The van der Waals surface area contributed by atoms with Gasteiger partial charge in [-0.15, -0.1) is 0 Å². The van der Waals surface area contributed by atoms with Crippen molar-refractivity contribution >= 4 is 15.9 Å². The lowest BCUT2D eigenvalue weighted by atomic mass is 9.89. The summed E-state index contributed by atoms with van der Waals surface area (Å²) < 4.78 is 37.2. The summed E-state index contributed by atoms with van der Waals surface area (Å²) in [4.78, 5) is 11.8. The van der Waals surface area contributed by atoms with Crippen molar-refractivity contribution in [3.05, 3.63) is 22.8 Å². The van der Waals surface area contributed by atoms with Crippen LogP contribution in [0, 0.1) is 11.8 Å². The first-order chi connectivity index (χ1) is 10.4. The van der Waals surface area contributed by atoms with Crippen molar-refractivity contribution in [1.29, 1.82) is 0 Å². The molecule has 0 aromatic rings. The molecule has 1 N–H and O–H groups in total. The molecule has 0 aliphatic heterocycles. The summed E-state index contributed by atoms with van der Waals surface area (Å²) in [5.74, 6) is 0.0873. The van der Waals surface area contributed by atoms with Gasteiger partial charge in [0.15, 0.2) is 5.78 Å². The zero-order valence-electron chi connectivity index (χ0n) is 13.0. The number of ketones is 1. The number of hydrogen-bond acceptors (Lipinski definition) is 4. The molecule has 6 heteroatoms. The van der Waals surface area contributed by atoms with Gasteiger partial charge in [-0.1, -0.05) is 38.5 Å². The van der Waals surface area contributed by atoms with Crippen molar-refractivity contribution in [2.45, 2.75) is 51.9 Å². The molecule has 2 aliphatic rings. The fraction of sp³-hybridized carbons (Fsp3) is 0.688. The van der Waals surface area contributed by atoms with E-state index >= 15 is 0 Å². The van der Waals surface area contributed by atoms with Crippen molar-refractivity contribution in [2.75, 3.05) is 6.61 Å². The molecule has 2 aliphatic carbocycles. The normalized spacial score (nSPS) is 23.4. The van der Waals surface area contributed by atoms with Crippen LogP contribution in [0.15, 0.2) is 22.8 Å². The maximum absolute atomic E-state index is 12.4. The van der Waals surface area contributed by atoms with E-state index < -0.39 is 26.7 Å². The van der Waals surface area contributed by atoms with E-state index in [2.05, 4.69) is 0 Å². The Hall–Kier alpha value is -1.14. The Kier molecular flexibility index (Phi) is 5.81. The molecule has 1 atom stereocenters. The second-order valence-electron chi connectivity index (χ2n) is 6.01. The van der Waals surface area contributed by atoms with Crippen LogP contribution in [-0.2, 0) is 19.6 Å². The van der Waals surface area contributed by atoms with Crippen molar-refractivity contribution in [2.24, 2.45) is 11.8 Å². The van der Waals surface area contributed by atoms with Crippen molar-refractivity contribution in [3.8, 4) is 0 Å². The minimum Gasteiger partial charge on any atom is -0.497 e. The van der Waals surface area contributed by atoms with Gasteiger partial charge in [0.2, 0.25) is 0 Å². The second kappa shape index (κ2) is 7.42. The molecular formula is C16H24O5S. The van der Waals surface area contributed by atoms with E-state index in [-0.39, 0.29) is 0 Å². The summed E-state index contributed by atoms with van der Waals surface area (Å²) in [6.45, 7) is 2.25. The van der Waals surface area contributed by atoms with Gasteiger partial charge in [0.05, 0.1) is 12.5 Å². The zero-order chi connectivity index (χ0) is 16.2. The van der Waals surface area contributed by atoms with Crippen LogP contribution < -0.4 is 0 Å². The number of carbonyl (C=O) groups is 1. The SMILES string of the molecule is CCOC1=CC=C(S(=O)(=O)O)C(=O)C1CCCC1CCCC1. The topological polar surface area (TPSA) is 80.7 Å². The van der Waals surface area contributed by atoms with Gasteiger partial charge in [-0.3, -0.25) is 9.35 Å². The summed E-state index contributed by atoms with van der Waals surface area (Å²) >= 11 is 0. The van der Waals surface area contributed by atoms with E-state index in [9.17, 15) is 13.2 Å². The van der Waals surface area contributed by atoms with Crippen LogP contribution in [0.4, 0.5) is 0 Å². The number of hydrogen-bond donors (Lipinski definition) is 1. The monoisotopic (exact) mass is 328 g/mol. The molecule has 0 amide bonds. The number of rotatable bonds is 7. The first-order valence-corrected chi connectivity index (χ1v) is 9.44. The average Bonchev–Trinajstić information content (AvgIpc) is 2.94. The van der Waals surface area contributed by atoms with E-state index in [0.717, 1.165) is 24.8 Å². The predicted octanol–water partition coefficient (Wildman–Crippen LogP) is 3.24. The molecule has 22 heavy (non-hydrogen) atoms. The zero-order valence-corrected chi connectivity index (χ0v) is 13.8. The number of ether oxygens (including phenoxy) is 1. The summed E-state index contributed by atoms with van der Waals surface area (Å²) in [7, 11) is -4.48. The Morgan fingerprint density at radius 1 is 1.23 bits per heavy atom. The van der Waals surface area contributed by atoms with Gasteiger partial charge in [-0.05, 0) is 31.4 Å². The molecule has 0 aromatic heterocycles. The lowest BCUT2D eigenvalue weighted by Gasteiger charge is -2.23. The number of Topliss-reactive ketones (excluding diaryl/α,β-unsaturated/α-hetero) is 1. The largest absolute Gasteiger partial charge is 0.497 e. The Bertz CT molecular complexity index is 567. The van der Waals surface area contributed by atoms with Gasteiger partial charge in [-0.2, -0.15) is 8.42 Å². The molecule has 5 nitrogen and oxygen atoms in total. The van der Waals surface area contributed by atoms with Gasteiger partial charge < -0.3 is 4.74 Å². The first-order valence-electron chi connectivity index (χ1n) is 8.00. The highest BCUT2D eigenvalue weighted by molar-refractivity contribution is 7.90. The third-order valence-corrected chi connectivity index (χ3v) is 5.36. The summed E-state index contributed by atoms with van der Waals surface area (Å²) in [6.07, 6.45) is 10.2. The van der Waals surface area contributed by atoms with E-state index in [1.54, 1.807) is 0 Å². The van der Waals surface area contributed by atoms with Gasteiger partial charge in [-0.25, -0.2) is 0 Å². The molecule has 0 aromatic carbocycles.